The number of fused-ring (bicyclic) bond motifs is 3. The lowest BCUT2D eigenvalue weighted by Gasteiger charge is -2.41. The minimum atomic E-state index is -1.12. The Morgan fingerprint density at radius 1 is 1.17 bits per heavy atom. The van der Waals surface area contributed by atoms with Gasteiger partial charge in [-0.05, 0) is 29.8 Å². The predicted molar refractivity (Wildman–Crippen MR) is 135 cm³/mol. The van der Waals surface area contributed by atoms with Gasteiger partial charge in [-0.1, -0.05) is 47.5 Å². The van der Waals surface area contributed by atoms with Crippen LogP contribution in [-0.2, 0) is 20.9 Å². The molecule has 0 fully saturated rings. The van der Waals surface area contributed by atoms with Crippen LogP contribution in [0.5, 0.6) is 5.75 Å². The zero-order chi connectivity index (χ0) is 25.8. The van der Waals surface area contributed by atoms with E-state index in [0.717, 1.165) is 5.56 Å². The Hall–Kier alpha value is -2.62. The predicted octanol–water partition coefficient (Wildman–Crippen LogP) is 2.68. The molecule has 4 rings (SSSR count). The van der Waals surface area contributed by atoms with Crippen molar-refractivity contribution in [3.63, 3.8) is 0 Å². The van der Waals surface area contributed by atoms with Crippen LogP contribution >= 0.6 is 23.2 Å². The number of halogens is 2. The number of aliphatic hydroxyl groups is 2. The van der Waals surface area contributed by atoms with Crippen LogP contribution in [0.1, 0.15) is 23.5 Å². The van der Waals surface area contributed by atoms with Gasteiger partial charge in [0.05, 0.1) is 41.6 Å². The lowest BCUT2D eigenvalue weighted by atomic mass is 9.77. The standard InChI is InChI=1S/C26H28Cl2N2O6/c1-35-11-8-22(32)30(14-15-6-7-18(27)19(28)12-15)20-13-17(26(34)29-9-10-31)23-16-4-2-3-5-21(16)36-25(23)24(20)33/h2-7,12-13,20,23-25,31,33H,8-11,14H2,1H3,(H,29,34). The summed E-state index contributed by atoms with van der Waals surface area (Å²) in [5.41, 5.74) is 1.86. The molecule has 2 aromatic carbocycles. The number of benzene rings is 2. The Balaban J connectivity index is 1.75. The first-order valence-electron chi connectivity index (χ1n) is 11.6. The molecule has 0 spiro atoms. The van der Waals surface area contributed by atoms with E-state index in [1.807, 2.05) is 18.2 Å². The van der Waals surface area contributed by atoms with Crippen LogP contribution < -0.4 is 10.1 Å². The van der Waals surface area contributed by atoms with Gasteiger partial charge in [-0.2, -0.15) is 0 Å². The van der Waals surface area contributed by atoms with Crippen molar-refractivity contribution in [3.8, 4) is 5.75 Å². The summed E-state index contributed by atoms with van der Waals surface area (Å²) in [6.45, 7) is 0.170. The first-order chi connectivity index (χ1) is 17.3. The second kappa shape index (κ2) is 11.6. The molecular formula is C26H28Cl2N2O6. The molecule has 2 amide bonds. The number of nitrogens with one attached hydrogen (secondary N) is 1. The summed E-state index contributed by atoms with van der Waals surface area (Å²) in [5, 5.41) is 24.1. The Morgan fingerprint density at radius 2 is 1.94 bits per heavy atom. The maximum Gasteiger partial charge on any atom is 0.247 e. The second-order valence-corrected chi connectivity index (χ2v) is 9.51. The normalized spacial score (nSPS) is 22.2. The van der Waals surface area contributed by atoms with Gasteiger partial charge in [0.2, 0.25) is 11.8 Å². The number of nitrogens with zero attached hydrogens (tertiary/aromatic N) is 1. The number of ether oxygens (including phenoxy) is 2. The average Bonchev–Trinajstić information content (AvgIpc) is 3.27. The summed E-state index contributed by atoms with van der Waals surface area (Å²) in [5.74, 6) is -0.607. The van der Waals surface area contributed by atoms with Crippen molar-refractivity contribution < 1.29 is 29.3 Å². The van der Waals surface area contributed by atoms with E-state index in [9.17, 15) is 19.8 Å². The Bertz CT molecular complexity index is 1160. The van der Waals surface area contributed by atoms with Crippen LogP contribution in [0.15, 0.2) is 54.1 Å². The van der Waals surface area contributed by atoms with Crippen LogP contribution in [0.4, 0.5) is 0 Å². The van der Waals surface area contributed by atoms with Crippen molar-refractivity contribution in [2.45, 2.75) is 37.1 Å². The second-order valence-electron chi connectivity index (χ2n) is 8.69. The van der Waals surface area contributed by atoms with Gasteiger partial charge in [-0.3, -0.25) is 9.59 Å². The lowest BCUT2D eigenvalue weighted by Crippen LogP contribution is -2.55. The molecule has 10 heteroatoms. The molecule has 1 aliphatic carbocycles. The molecule has 0 saturated heterocycles. The van der Waals surface area contributed by atoms with Crippen molar-refractivity contribution in [3.05, 3.63) is 75.3 Å². The highest BCUT2D eigenvalue weighted by atomic mass is 35.5. The van der Waals surface area contributed by atoms with Gasteiger partial charge in [-0.25, -0.2) is 0 Å². The highest BCUT2D eigenvalue weighted by Gasteiger charge is 2.50. The van der Waals surface area contributed by atoms with Gasteiger partial charge in [0.15, 0.2) is 0 Å². The van der Waals surface area contributed by atoms with Crippen molar-refractivity contribution >= 4 is 35.0 Å². The van der Waals surface area contributed by atoms with E-state index in [-0.39, 0.29) is 38.6 Å². The van der Waals surface area contributed by atoms with Gasteiger partial charge in [0, 0.05) is 31.3 Å². The molecule has 0 saturated carbocycles. The van der Waals surface area contributed by atoms with E-state index in [1.54, 1.807) is 30.3 Å². The molecule has 3 N–H and O–H groups in total. The summed E-state index contributed by atoms with van der Waals surface area (Å²) < 4.78 is 11.2. The molecule has 1 heterocycles. The molecular weight excluding hydrogens is 507 g/mol. The maximum absolute atomic E-state index is 13.3. The van der Waals surface area contributed by atoms with Gasteiger partial charge in [0.1, 0.15) is 18.0 Å². The number of hydrogen-bond acceptors (Lipinski definition) is 6. The summed E-state index contributed by atoms with van der Waals surface area (Å²) >= 11 is 12.3. The summed E-state index contributed by atoms with van der Waals surface area (Å²) in [6.07, 6.45) is -0.188. The quantitative estimate of drug-likeness (QED) is 0.456. The first kappa shape index (κ1) is 26.4. The van der Waals surface area contributed by atoms with Gasteiger partial charge in [-0.15, -0.1) is 0 Å². The first-order valence-corrected chi connectivity index (χ1v) is 12.4. The molecule has 2 aliphatic rings. The molecule has 0 bridgehead atoms. The number of aliphatic hydroxyl groups excluding tert-OH is 2. The Morgan fingerprint density at radius 3 is 2.67 bits per heavy atom. The van der Waals surface area contributed by atoms with E-state index >= 15 is 0 Å². The molecule has 0 radical (unpaired) electrons. The lowest BCUT2D eigenvalue weighted by molar-refractivity contribution is -0.139. The van der Waals surface area contributed by atoms with Crippen LogP contribution in [0, 0.1) is 0 Å². The molecule has 4 unspecified atom stereocenters. The Labute approximate surface area is 219 Å². The van der Waals surface area contributed by atoms with Gasteiger partial charge in [0.25, 0.3) is 0 Å². The molecule has 1 aliphatic heterocycles. The SMILES string of the molecule is COCCC(=O)N(Cc1ccc(Cl)c(Cl)c1)C1C=C(C(=O)NCCO)C2c3ccccc3OC2C1O. The highest BCUT2D eigenvalue weighted by molar-refractivity contribution is 6.42. The summed E-state index contributed by atoms with van der Waals surface area (Å²) in [6, 6.07) is 11.5. The number of hydrogen-bond donors (Lipinski definition) is 3. The van der Waals surface area contributed by atoms with Crippen LogP contribution in [0.2, 0.25) is 10.0 Å². The number of carbonyl (C=O) groups excluding carboxylic acids is 2. The van der Waals surface area contributed by atoms with E-state index in [1.165, 1.54) is 12.0 Å². The number of methoxy groups -OCH3 is 1. The largest absolute Gasteiger partial charge is 0.486 e. The minimum absolute atomic E-state index is 0.0725. The van der Waals surface area contributed by atoms with Crippen molar-refractivity contribution in [1.29, 1.82) is 0 Å². The third-order valence-corrected chi connectivity index (χ3v) is 7.15. The number of amides is 2. The van der Waals surface area contributed by atoms with E-state index in [2.05, 4.69) is 5.32 Å². The fourth-order valence-corrected chi connectivity index (χ4v) is 5.04. The fourth-order valence-electron chi connectivity index (χ4n) is 4.72. The molecule has 192 valence electrons. The van der Waals surface area contributed by atoms with E-state index in [4.69, 9.17) is 32.7 Å². The van der Waals surface area contributed by atoms with Crippen LogP contribution in [0.3, 0.4) is 0 Å². The number of rotatable bonds is 9. The van der Waals surface area contributed by atoms with Gasteiger partial charge >= 0.3 is 0 Å². The minimum Gasteiger partial charge on any atom is -0.486 e. The smallest absolute Gasteiger partial charge is 0.247 e. The Kier molecular flexibility index (Phi) is 8.54. The highest BCUT2D eigenvalue weighted by Crippen LogP contribution is 2.47. The third-order valence-electron chi connectivity index (χ3n) is 6.41. The monoisotopic (exact) mass is 534 g/mol. The van der Waals surface area contributed by atoms with Gasteiger partial charge < -0.3 is 29.9 Å². The number of carbonyl (C=O) groups is 2. The number of para-hydroxylation sites is 1. The molecule has 4 atom stereocenters. The maximum atomic E-state index is 13.3. The molecule has 36 heavy (non-hydrogen) atoms. The zero-order valence-electron chi connectivity index (χ0n) is 19.7. The van der Waals surface area contributed by atoms with Crippen molar-refractivity contribution in [2.24, 2.45) is 0 Å². The average molecular weight is 535 g/mol. The topological polar surface area (TPSA) is 108 Å². The summed E-state index contributed by atoms with van der Waals surface area (Å²) in [7, 11) is 1.50. The summed E-state index contributed by atoms with van der Waals surface area (Å²) in [4.78, 5) is 28.0. The van der Waals surface area contributed by atoms with E-state index < -0.39 is 30.1 Å². The fraction of sp³-hybridized carbons (Fsp3) is 0.385. The molecule has 8 nitrogen and oxygen atoms in total. The van der Waals surface area contributed by atoms with Crippen molar-refractivity contribution in [2.75, 3.05) is 26.9 Å². The molecule has 0 aromatic heterocycles. The zero-order valence-corrected chi connectivity index (χ0v) is 21.2. The molecule has 2 aromatic rings. The van der Waals surface area contributed by atoms with E-state index in [0.29, 0.717) is 26.9 Å². The van der Waals surface area contributed by atoms with Crippen LogP contribution in [0.25, 0.3) is 0 Å². The van der Waals surface area contributed by atoms with Crippen molar-refractivity contribution in [1.82, 2.24) is 10.2 Å². The van der Waals surface area contributed by atoms with Crippen LogP contribution in [-0.4, -0.2) is 72.0 Å². The third kappa shape index (κ3) is 5.38.